The fraction of sp³-hybridized carbons (Fsp3) is 0.952. The molecule has 0 aromatic carbocycles. The van der Waals surface area contributed by atoms with E-state index in [0.29, 0.717) is 12.2 Å². The standard InChI is InChI=1S/C21H40N4O2.HI/c1-3-24-11-6-7-18(16-24)15-23-21(22-2)25-12-9-19(10-13-25)27-17-20-8-4-5-14-26-20;/h18-20H,3-17H2,1-2H3,(H,22,23);1H. The Kier molecular flexibility index (Phi) is 11.4. The van der Waals surface area contributed by atoms with Crippen LogP contribution in [0.25, 0.3) is 0 Å². The van der Waals surface area contributed by atoms with Crippen molar-refractivity contribution >= 4 is 29.9 Å². The summed E-state index contributed by atoms with van der Waals surface area (Å²) in [5.74, 6) is 1.81. The zero-order valence-electron chi connectivity index (χ0n) is 17.9. The van der Waals surface area contributed by atoms with Gasteiger partial charge >= 0.3 is 0 Å². The number of nitrogens with zero attached hydrogens (tertiary/aromatic N) is 3. The second-order valence-corrected chi connectivity index (χ2v) is 8.34. The van der Waals surface area contributed by atoms with Crippen molar-refractivity contribution in [2.75, 3.05) is 59.5 Å². The van der Waals surface area contributed by atoms with Crippen molar-refractivity contribution in [3.05, 3.63) is 0 Å². The van der Waals surface area contributed by atoms with Crippen LogP contribution in [0.2, 0.25) is 0 Å². The Bertz CT molecular complexity index is 452. The highest BCUT2D eigenvalue weighted by atomic mass is 127. The number of piperidine rings is 2. The van der Waals surface area contributed by atoms with Gasteiger partial charge in [0.1, 0.15) is 0 Å². The van der Waals surface area contributed by atoms with Gasteiger partial charge in [0.15, 0.2) is 5.96 Å². The van der Waals surface area contributed by atoms with Crippen molar-refractivity contribution in [2.24, 2.45) is 10.9 Å². The maximum absolute atomic E-state index is 6.15. The minimum atomic E-state index is 0. The molecular formula is C21H41IN4O2. The summed E-state index contributed by atoms with van der Waals surface area (Å²) in [6.07, 6.45) is 9.17. The largest absolute Gasteiger partial charge is 0.376 e. The molecule has 0 radical (unpaired) electrons. The van der Waals surface area contributed by atoms with Crippen molar-refractivity contribution in [1.29, 1.82) is 0 Å². The van der Waals surface area contributed by atoms with Gasteiger partial charge in [-0.3, -0.25) is 4.99 Å². The topological polar surface area (TPSA) is 49.3 Å². The smallest absolute Gasteiger partial charge is 0.193 e. The number of hydrogen-bond acceptors (Lipinski definition) is 4. The summed E-state index contributed by atoms with van der Waals surface area (Å²) in [5, 5.41) is 3.64. The first-order valence-electron chi connectivity index (χ1n) is 11.2. The molecule has 3 rings (SSSR count). The zero-order chi connectivity index (χ0) is 18.9. The average Bonchev–Trinajstić information content (AvgIpc) is 2.74. The molecule has 164 valence electrons. The van der Waals surface area contributed by atoms with Crippen molar-refractivity contribution in [2.45, 2.75) is 64.1 Å². The number of rotatable bonds is 6. The third-order valence-corrected chi connectivity index (χ3v) is 6.34. The van der Waals surface area contributed by atoms with E-state index in [4.69, 9.17) is 9.47 Å². The maximum atomic E-state index is 6.15. The van der Waals surface area contributed by atoms with Gasteiger partial charge in [0.2, 0.25) is 0 Å². The Labute approximate surface area is 188 Å². The SMILES string of the molecule is CCN1CCCC(CNC(=NC)N2CCC(OCC3CCCCO3)CC2)C1.I. The highest BCUT2D eigenvalue weighted by Gasteiger charge is 2.25. The molecule has 2 atom stereocenters. The van der Waals surface area contributed by atoms with Crippen LogP contribution in [-0.2, 0) is 9.47 Å². The van der Waals surface area contributed by atoms with E-state index in [2.05, 4.69) is 27.0 Å². The quantitative estimate of drug-likeness (QED) is 0.340. The van der Waals surface area contributed by atoms with E-state index in [1.54, 1.807) is 0 Å². The molecule has 7 heteroatoms. The fourth-order valence-corrected chi connectivity index (χ4v) is 4.59. The first-order chi connectivity index (χ1) is 13.3. The summed E-state index contributed by atoms with van der Waals surface area (Å²) in [6, 6.07) is 0. The summed E-state index contributed by atoms with van der Waals surface area (Å²) in [7, 11) is 1.91. The van der Waals surface area contributed by atoms with Crippen LogP contribution in [0.4, 0.5) is 0 Å². The van der Waals surface area contributed by atoms with Crippen LogP contribution in [0.15, 0.2) is 4.99 Å². The van der Waals surface area contributed by atoms with E-state index in [1.807, 2.05) is 7.05 Å². The number of ether oxygens (including phenoxy) is 2. The molecule has 6 nitrogen and oxygen atoms in total. The first kappa shape index (κ1) is 24.2. The van der Waals surface area contributed by atoms with Crippen LogP contribution in [-0.4, -0.2) is 87.5 Å². The predicted octanol–water partition coefficient (Wildman–Crippen LogP) is 2.96. The molecule has 0 saturated carbocycles. The Hall–Kier alpha value is -0.120. The van der Waals surface area contributed by atoms with Gasteiger partial charge in [0.25, 0.3) is 0 Å². The molecule has 28 heavy (non-hydrogen) atoms. The fourth-order valence-electron chi connectivity index (χ4n) is 4.59. The number of likely N-dealkylation sites (tertiary alicyclic amines) is 2. The van der Waals surface area contributed by atoms with E-state index in [0.717, 1.165) is 64.0 Å². The van der Waals surface area contributed by atoms with Gasteiger partial charge in [-0.1, -0.05) is 6.92 Å². The van der Waals surface area contributed by atoms with Crippen molar-refractivity contribution < 1.29 is 9.47 Å². The van der Waals surface area contributed by atoms with E-state index in [-0.39, 0.29) is 24.0 Å². The molecule has 3 fully saturated rings. The summed E-state index contributed by atoms with van der Waals surface area (Å²) in [4.78, 5) is 9.50. The summed E-state index contributed by atoms with van der Waals surface area (Å²) in [5.41, 5.74) is 0. The lowest BCUT2D eigenvalue weighted by Crippen LogP contribution is -2.49. The monoisotopic (exact) mass is 508 g/mol. The molecule has 0 spiro atoms. The van der Waals surface area contributed by atoms with Gasteiger partial charge in [-0.15, -0.1) is 24.0 Å². The maximum Gasteiger partial charge on any atom is 0.193 e. The van der Waals surface area contributed by atoms with Crippen LogP contribution >= 0.6 is 24.0 Å². The molecule has 0 amide bonds. The van der Waals surface area contributed by atoms with Crippen molar-refractivity contribution in [3.8, 4) is 0 Å². The average molecular weight is 508 g/mol. The minimum absolute atomic E-state index is 0. The van der Waals surface area contributed by atoms with Crippen molar-refractivity contribution in [1.82, 2.24) is 15.1 Å². The molecule has 0 bridgehead atoms. The van der Waals surface area contributed by atoms with Crippen LogP contribution in [0.1, 0.15) is 51.9 Å². The molecule has 2 unspecified atom stereocenters. The number of nitrogens with one attached hydrogen (secondary N) is 1. The number of hydrogen-bond donors (Lipinski definition) is 1. The molecule has 3 aliphatic rings. The van der Waals surface area contributed by atoms with Crippen LogP contribution < -0.4 is 5.32 Å². The van der Waals surface area contributed by atoms with E-state index in [9.17, 15) is 0 Å². The van der Waals surface area contributed by atoms with Gasteiger partial charge in [-0.05, 0) is 64.0 Å². The Morgan fingerprint density at radius 1 is 1.11 bits per heavy atom. The van der Waals surface area contributed by atoms with Crippen molar-refractivity contribution in [3.63, 3.8) is 0 Å². The molecule has 3 aliphatic heterocycles. The normalized spacial score (nSPS) is 28.1. The highest BCUT2D eigenvalue weighted by molar-refractivity contribution is 14.0. The van der Waals surface area contributed by atoms with Crippen LogP contribution in [0, 0.1) is 5.92 Å². The van der Waals surface area contributed by atoms with Crippen LogP contribution in [0.3, 0.4) is 0 Å². The Balaban J connectivity index is 0.00000280. The summed E-state index contributed by atoms with van der Waals surface area (Å²) >= 11 is 0. The molecule has 3 saturated heterocycles. The highest BCUT2D eigenvalue weighted by Crippen LogP contribution is 2.19. The van der Waals surface area contributed by atoms with Crippen LogP contribution in [0.5, 0.6) is 0 Å². The predicted molar refractivity (Wildman–Crippen MR) is 126 cm³/mol. The van der Waals surface area contributed by atoms with Gasteiger partial charge in [0.05, 0.1) is 18.8 Å². The second kappa shape index (κ2) is 13.2. The molecule has 0 aromatic heterocycles. The van der Waals surface area contributed by atoms with E-state index >= 15 is 0 Å². The molecular weight excluding hydrogens is 467 g/mol. The Morgan fingerprint density at radius 3 is 2.61 bits per heavy atom. The molecule has 1 N–H and O–H groups in total. The van der Waals surface area contributed by atoms with Gasteiger partial charge in [0, 0.05) is 39.8 Å². The summed E-state index contributed by atoms with van der Waals surface area (Å²) < 4.78 is 11.9. The second-order valence-electron chi connectivity index (χ2n) is 8.34. The molecule has 0 aromatic rings. The lowest BCUT2D eigenvalue weighted by atomic mass is 9.98. The first-order valence-corrected chi connectivity index (χ1v) is 11.2. The third-order valence-electron chi connectivity index (χ3n) is 6.34. The summed E-state index contributed by atoms with van der Waals surface area (Å²) in [6.45, 7) is 10.7. The van der Waals surface area contributed by atoms with Gasteiger partial charge < -0.3 is 24.6 Å². The third kappa shape index (κ3) is 7.61. The van der Waals surface area contributed by atoms with E-state index < -0.39 is 0 Å². The van der Waals surface area contributed by atoms with Gasteiger partial charge in [-0.25, -0.2) is 0 Å². The number of aliphatic imine (C=N–C) groups is 1. The molecule has 3 heterocycles. The Morgan fingerprint density at radius 2 is 1.93 bits per heavy atom. The number of halogens is 1. The zero-order valence-corrected chi connectivity index (χ0v) is 20.2. The number of guanidine groups is 1. The lowest BCUT2D eigenvalue weighted by molar-refractivity contribution is -0.0721. The minimum Gasteiger partial charge on any atom is -0.376 e. The van der Waals surface area contributed by atoms with Gasteiger partial charge in [-0.2, -0.15) is 0 Å². The molecule has 0 aliphatic carbocycles. The lowest BCUT2D eigenvalue weighted by Gasteiger charge is -2.36. The van der Waals surface area contributed by atoms with E-state index in [1.165, 1.54) is 45.3 Å².